The molecule has 6 heteroatoms. The molecule has 1 N–H and O–H groups in total. The van der Waals surface area contributed by atoms with Gasteiger partial charge >= 0.3 is 0 Å². The lowest BCUT2D eigenvalue weighted by atomic mass is 10.1. The standard InChI is InChI=1S/C19H16BrN5/c1-2-13-6-8-15(9-7-13)24-18-17-11-23-25(19(17)22-12-21-18)16-5-3-4-14(20)10-16/h3-12H,2H2,1H3,(H,21,22,24). The van der Waals surface area contributed by atoms with E-state index in [2.05, 4.69) is 67.5 Å². The lowest BCUT2D eigenvalue weighted by Crippen LogP contribution is -1.99. The van der Waals surface area contributed by atoms with Crippen LogP contribution in [0.2, 0.25) is 0 Å². The number of halogens is 1. The molecule has 25 heavy (non-hydrogen) atoms. The minimum Gasteiger partial charge on any atom is -0.340 e. The van der Waals surface area contributed by atoms with E-state index in [1.807, 2.05) is 28.9 Å². The Balaban J connectivity index is 1.73. The van der Waals surface area contributed by atoms with Crippen LogP contribution in [0.1, 0.15) is 12.5 Å². The maximum absolute atomic E-state index is 4.49. The number of hydrogen-bond donors (Lipinski definition) is 1. The molecule has 0 spiro atoms. The van der Waals surface area contributed by atoms with E-state index < -0.39 is 0 Å². The maximum atomic E-state index is 4.49. The van der Waals surface area contributed by atoms with Gasteiger partial charge in [-0.05, 0) is 42.3 Å². The molecule has 124 valence electrons. The monoisotopic (exact) mass is 393 g/mol. The molecule has 0 fully saturated rings. The van der Waals surface area contributed by atoms with Crippen LogP contribution in [0, 0.1) is 0 Å². The third-order valence-electron chi connectivity index (χ3n) is 4.04. The first-order valence-electron chi connectivity index (χ1n) is 8.05. The zero-order valence-corrected chi connectivity index (χ0v) is 15.2. The first-order chi connectivity index (χ1) is 12.2. The van der Waals surface area contributed by atoms with Crippen LogP contribution in [0.5, 0.6) is 0 Å². The average molecular weight is 394 g/mol. The highest BCUT2D eigenvalue weighted by Gasteiger charge is 2.11. The highest BCUT2D eigenvalue weighted by atomic mass is 79.9. The predicted molar refractivity (Wildman–Crippen MR) is 103 cm³/mol. The summed E-state index contributed by atoms with van der Waals surface area (Å²) in [7, 11) is 0. The number of aryl methyl sites for hydroxylation is 1. The Morgan fingerprint density at radius 2 is 1.92 bits per heavy atom. The summed E-state index contributed by atoms with van der Waals surface area (Å²) in [6, 6.07) is 16.3. The summed E-state index contributed by atoms with van der Waals surface area (Å²) in [4.78, 5) is 8.80. The molecule has 2 aromatic carbocycles. The number of nitrogens with one attached hydrogen (secondary N) is 1. The van der Waals surface area contributed by atoms with Crippen molar-refractivity contribution in [2.45, 2.75) is 13.3 Å². The van der Waals surface area contributed by atoms with E-state index in [1.165, 1.54) is 5.56 Å². The summed E-state index contributed by atoms with van der Waals surface area (Å²) in [6.45, 7) is 2.15. The molecule has 0 aliphatic rings. The quantitative estimate of drug-likeness (QED) is 0.536. The van der Waals surface area contributed by atoms with E-state index in [9.17, 15) is 0 Å². The van der Waals surface area contributed by atoms with E-state index in [0.29, 0.717) is 0 Å². The molecule has 0 saturated heterocycles. The molecule has 0 amide bonds. The van der Waals surface area contributed by atoms with Crippen molar-refractivity contribution in [1.82, 2.24) is 19.7 Å². The van der Waals surface area contributed by atoms with Crippen LogP contribution in [0.15, 0.2) is 65.5 Å². The Bertz CT molecular complexity index is 1020. The zero-order chi connectivity index (χ0) is 17.2. The Labute approximate surface area is 153 Å². The molecule has 5 nitrogen and oxygen atoms in total. The van der Waals surface area contributed by atoms with E-state index >= 15 is 0 Å². The van der Waals surface area contributed by atoms with Gasteiger partial charge in [-0.1, -0.05) is 41.1 Å². The number of nitrogens with zero attached hydrogens (tertiary/aromatic N) is 4. The number of hydrogen-bond acceptors (Lipinski definition) is 4. The second-order valence-corrected chi connectivity index (χ2v) is 6.59. The van der Waals surface area contributed by atoms with Gasteiger partial charge in [-0.3, -0.25) is 0 Å². The normalized spacial score (nSPS) is 11.0. The number of fused-ring (bicyclic) bond motifs is 1. The summed E-state index contributed by atoms with van der Waals surface area (Å²) >= 11 is 3.50. The van der Waals surface area contributed by atoms with Crippen LogP contribution in [0.3, 0.4) is 0 Å². The highest BCUT2D eigenvalue weighted by molar-refractivity contribution is 9.10. The van der Waals surface area contributed by atoms with Crippen molar-refractivity contribution in [3.8, 4) is 5.69 Å². The molecule has 0 unspecified atom stereocenters. The van der Waals surface area contributed by atoms with E-state index in [0.717, 1.165) is 39.1 Å². The van der Waals surface area contributed by atoms with Gasteiger partial charge in [0.15, 0.2) is 5.65 Å². The predicted octanol–water partition coefficient (Wildman–Crippen LogP) is 4.88. The second-order valence-electron chi connectivity index (χ2n) is 5.67. The molecule has 0 aliphatic carbocycles. The number of anilines is 2. The minimum absolute atomic E-state index is 0.746. The van der Waals surface area contributed by atoms with Gasteiger partial charge in [0.1, 0.15) is 12.1 Å². The molecule has 0 bridgehead atoms. The molecule has 0 radical (unpaired) electrons. The van der Waals surface area contributed by atoms with Gasteiger partial charge in [0.2, 0.25) is 0 Å². The molecule has 0 atom stereocenters. The molecule has 0 saturated carbocycles. The van der Waals surface area contributed by atoms with Crippen molar-refractivity contribution >= 4 is 38.5 Å². The number of rotatable bonds is 4. The fourth-order valence-electron chi connectivity index (χ4n) is 2.70. The van der Waals surface area contributed by atoms with Gasteiger partial charge in [0, 0.05) is 10.2 Å². The summed E-state index contributed by atoms with van der Waals surface area (Å²) in [6.07, 6.45) is 4.37. The van der Waals surface area contributed by atoms with Crippen LogP contribution in [0.4, 0.5) is 11.5 Å². The van der Waals surface area contributed by atoms with Gasteiger partial charge in [-0.25, -0.2) is 14.6 Å². The fourth-order valence-corrected chi connectivity index (χ4v) is 3.09. The summed E-state index contributed by atoms with van der Waals surface area (Å²) in [5.41, 5.74) is 4.01. The second kappa shape index (κ2) is 6.64. The van der Waals surface area contributed by atoms with E-state index in [4.69, 9.17) is 0 Å². The van der Waals surface area contributed by atoms with E-state index in [-0.39, 0.29) is 0 Å². The molecule has 2 heterocycles. The summed E-state index contributed by atoms with van der Waals surface area (Å²) < 4.78 is 2.81. The topological polar surface area (TPSA) is 55.6 Å². The van der Waals surface area contributed by atoms with Crippen LogP contribution in [0.25, 0.3) is 16.7 Å². The largest absolute Gasteiger partial charge is 0.340 e. The van der Waals surface area contributed by atoms with Crippen LogP contribution >= 0.6 is 15.9 Å². The van der Waals surface area contributed by atoms with Gasteiger partial charge in [-0.15, -0.1) is 0 Å². The van der Waals surface area contributed by atoms with Gasteiger partial charge in [-0.2, -0.15) is 5.10 Å². The van der Waals surface area contributed by atoms with Gasteiger partial charge < -0.3 is 5.32 Å². The molecule has 4 aromatic rings. The smallest absolute Gasteiger partial charge is 0.168 e. The first kappa shape index (κ1) is 15.8. The highest BCUT2D eigenvalue weighted by Crippen LogP contribution is 2.25. The van der Waals surface area contributed by atoms with Crippen molar-refractivity contribution in [1.29, 1.82) is 0 Å². The Kier molecular flexibility index (Phi) is 4.19. The molecular formula is C19H16BrN5. The zero-order valence-electron chi connectivity index (χ0n) is 13.6. The minimum atomic E-state index is 0.746. The van der Waals surface area contributed by atoms with Crippen molar-refractivity contribution in [3.05, 3.63) is 71.1 Å². The van der Waals surface area contributed by atoms with Crippen molar-refractivity contribution in [3.63, 3.8) is 0 Å². The van der Waals surface area contributed by atoms with Crippen LogP contribution in [-0.4, -0.2) is 19.7 Å². The molecule has 2 aromatic heterocycles. The Morgan fingerprint density at radius 3 is 2.68 bits per heavy atom. The van der Waals surface area contributed by atoms with Gasteiger partial charge in [0.25, 0.3) is 0 Å². The third kappa shape index (κ3) is 3.13. The molecule has 0 aliphatic heterocycles. The SMILES string of the molecule is CCc1ccc(Nc2ncnc3c2cnn3-c2cccc(Br)c2)cc1. The van der Waals surface area contributed by atoms with Crippen LogP contribution in [-0.2, 0) is 6.42 Å². The Morgan fingerprint density at radius 1 is 1.08 bits per heavy atom. The van der Waals surface area contributed by atoms with E-state index in [1.54, 1.807) is 12.5 Å². The van der Waals surface area contributed by atoms with Crippen LogP contribution < -0.4 is 5.32 Å². The van der Waals surface area contributed by atoms with Crippen molar-refractivity contribution in [2.24, 2.45) is 0 Å². The fraction of sp³-hybridized carbons (Fsp3) is 0.105. The number of aromatic nitrogens is 4. The molecular weight excluding hydrogens is 378 g/mol. The first-order valence-corrected chi connectivity index (χ1v) is 8.84. The van der Waals surface area contributed by atoms with Gasteiger partial charge in [0.05, 0.1) is 17.3 Å². The molecule has 4 rings (SSSR count). The lowest BCUT2D eigenvalue weighted by molar-refractivity contribution is 0.894. The summed E-state index contributed by atoms with van der Waals surface area (Å²) in [5.74, 6) is 0.746. The number of benzene rings is 2. The van der Waals surface area contributed by atoms with Crippen molar-refractivity contribution < 1.29 is 0 Å². The maximum Gasteiger partial charge on any atom is 0.168 e. The lowest BCUT2D eigenvalue weighted by Gasteiger charge is -2.08. The average Bonchev–Trinajstić information content (AvgIpc) is 3.07. The van der Waals surface area contributed by atoms with Crippen molar-refractivity contribution in [2.75, 3.05) is 5.32 Å². The third-order valence-corrected chi connectivity index (χ3v) is 4.54. The summed E-state index contributed by atoms with van der Waals surface area (Å²) in [5, 5.41) is 8.73. The Hall–Kier alpha value is -2.73.